The first-order valence-electron chi connectivity index (χ1n) is 6.58. The molecule has 0 bridgehead atoms. The number of amides is 1. The molecule has 2 rings (SSSR count). The Morgan fingerprint density at radius 1 is 1.29 bits per heavy atom. The first kappa shape index (κ1) is 15.7. The molecule has 0 aliphatic rings. The molecule has 0 saturated heterocycles. The first-order valence-corrected chi connectivity index (χ1v) is 7.34. The topological polar surface area (TPSA) is 55.1 Å². The van der Waals surface area contributed by atoms with Crippen molar-refractivity contribution in [1.82, 2.24) is 0 Å². The molecule has 0 unspecified atom stereocenters. The Hall–Kier alpha value is -1.71. The van der Waals surface area contributed by atoms with Crippen molar-refractivity contribution in [2.45, 2.75) is 20.3 Å². The van der Waals surface area contributed by atoms with Crippen molar-refractivity contribution in [2.75, 3.05) is 11.1 Å². The number of nitrogens with one attached hydrogen (secondary N) is 1. The smallest absolute Gasteiger partial charge is 0.255 e. The number of hydrogen-bond donors (Lipinski definition) is 2. The average molecular weight is 323 g/mol. The zero-order valence-corrected chi connectivity index (χ0v) is 13.3. The highest BCUT2D eigenvalue weighted by Crippen LogP contribution is 2.30. The molecule has 0 saturated carbocycles. The number of aryl methyl sites for hydroxylation is 2. The van der Waals surface area contributed by atoms with E-state index in [-0.39, 0.29) is 21.6 Å². The zero-order valence-electron chi connectivity index (χ0n) is 11.8. The number of para-hydroxylation sites is 1. The summed E-state index contributed by atoms with van der Waals surface area (Å²) >= 11 is 11.9. The molecule has 0 aliphatic heterocycles. The molecule has 2 aromatic rings. The maximum Gasteiger partial charge on any atom is 0.255 e. The van der Waals surface area contributed by atoms with Gasteiger partial charge in [-0.3, -0.25) is 4.79 Å². The molecule has 0 fully saturated rings. The van der Waals surface area contributed by atoms with Gasteiger partial charge >= 0.3 is 0 Å². The minimum absolute atomic E-state index is 0.260. The number of nitrogens with two attached hydrogens (primary N) is 1. The lowest BCUT2D eigenvalue weighted by molar-refractivity contribution is 0.102. The Balaban J connectivity index is 2.35. The van der Waals surface area contributed by atoms with E-state index in [1.54, 1.807) is 0 Å². The van der Waals surface area contributed by atoms with Gasteiger partial charge in [-0.15, -0.1) is 0 Å². The van der Waals surface area contributed by atoms with Crippen LogP contribution in [0, 0.1) is 6.92 Å². The van der Waals surface area contributed by atoms with Crippen molar-refractivity contribution in [3.05, 3.63) is 57.1 Å². The highest BCUT2D eigenvalue weighted by molar-refractivity contribution is 6.44. The van der Waals surface area contributed by atoms with Gasteiger partial charge in [0, 0.05) is 11.3 Å². The Morgan fingerprint density at radius 2 is 2.00 bits per heavy atom. The quantitative estimate of drug-likeness (QED) is 0.805. The Kier molecular flexibility index (Phi) is 4.76. The third-order valence-electron chi connectivity index (χ3n) is 3.30. The second kappa shape index (κ2) is 6.37. The van der Waals surface area contributed by atoms with Gasteiger partial charge in [-0.05, 0) is 36.6 Å². The summed E-state index contributed by atoms with van der Waals surface area (Å²) in [4.78, 5) is 12.4. The monoisotopic (exact) mass is 322 g/mol. The van der Waals surface area contributed by atoms with Crippen LogP contribution in [0.5, 0.6) is 0 Å². The van der Waals surface area contributed by atoms with Gasteiger partial charge in [0.05, 0.1) is 15.7 Å². The number of carbonyl (C=O) groups excluding carboxylic acids is 1. The molecule has 0 aromatic heterocycles. The van der Waals surface area contributed by atoms with Crippen molar-refractivity contribution in [3.63, 3.8) is 0 Å². The van der Waals surface area contributed by atoms with E-state index in [9.17, 15) is 4.79 Å². The molecule has 3 N–H and O–H groups in total. The number of carbonyl (C=O) groups is 1. The molecular formula is C16H16Cl2N2O. The molecule has 0 aliphatic carbocycles. The number of halogens is 2. The number of rotatable bonds is 3. The number of nitrogen functional groups attached to an aromatic ring is 1. The highest BCUT2D eigenvalue weighted by Gasteiger charge is 2.14. The van der Waals surface area contributed by atoms with Crippen LogP contribution in [0.1, 0.15) is 28.4 Å². The number of benzene rings is 2. The van der Waals surface area contributed by atoms with E-state index in [1.807, 2.05) is 32.0 Å². The normalized spacial score (nSPS) is 10.5. The molecule has 0 atom stereocenters. The van der Waals surface area contributed by atoms with Crippen LogP contribution in [0.4, 0.5) is 11.4 Å². The molecule has 0 radical (unpaired) electrons. The van der Waals surface area contributed by atoms with Crippen molar-refractivity contribution in [1.29, 1.82) is 0 Å². The lowest BCUT2D eigenvalue weighted by Gasteiger charge is -2.13. The van der Waals surface area contributed by atoms with Crippen molar-refractivity contribution >= 4 is 40.5 Å². The standard InChI is InChI=1S/C16H16Cl2N2O/c1-3-10-6-4-5-9(2)15(10)20-16(21)11-7-12(17)14(18)13(19)8-11/h4-8H,3,19H2,1-2H3,(H,20,21). The molecule has 110 valence electrons. The third-order valence-corrected chi connectivity index (χ3v) is 4.11. The predicted octanol–water partition coefficient (Wildman–Crippen LogP) is 4.70. The second-order valence-corrected chi connectivity index (χ2v) is 5.56. The summed E-state index contributed by atoms with van der Waals surface area (Å²) in [7, 11) is 0. The highest BCUT2D eigenvalue weighted by atomic mass is 35.5. The van der Waals surface area contributed by atoms with Crippen LogP contribution in [-0.2, 0) is 6.42 Å². The zero-order chi connectivity index (χ0) is 15.6. The van der Waals surface area contributed by atoms with E-state index in [2.05, 4.69) is 5.32 Å². The SMILES string of the molecule is CCc1cccc(C)c1NC(=O)c1cc(N)c(Cl)c(Cl)c1. The number of anilines is 2. The van der Waals surface area contributed by atoms with E-state index in [0.29, 0.717) is 5.56 Å². The second-order valence-electron chi connectivity index (χ2n) is 4.78. The van der Waals surface area contributed by atoms with Crippen molar-refractivity contribution < 1.29 is 4.79 Å². The van der Waals surface area contributed by atoms with Gasteiger partial charge in [-0.2, -0.15) is 0 Å². The van der Waals surface area contributed by atoms with Crippen LogP contribution in [0.3, 0.4) is 0 Å². The van der Waals surface area contributed by atoms with Crippen molar-refractivity contribution in [2.24, 2.45) is 0 Å². The van der Waals surface area contributed by atoms with E-state index in [4.69, 9.17) is 28.9 Å². The summed E-state index contributed by atoms with van der Waals surface area (Å²) in [6.45, 7) is 4.00. The van der Waals surface area contributed by atoms with Gasteiger partial charge in [-0.1, -0.05) is 48.3 Å². The Bertz CT molecular complexity index is 676. The van der Waals surface area contributed by atoms with Crippen LogP contribution in [0.25, 0.3) is 0 Å². The van der Waals surface area contributed by atoms with Crippen LogP contribution in [-0.4, -0.2) is 5.91 Å². The Morgan fingerprint density at radius 3 is 2.62 bits per heavy atom. The van der Waals surface area contributed by atoms with Crippen LogP contribution in [0.15, 0.2) is 30.3 Å². The summed E-state index contributed by atoms with van der Waals surface area (Å²) in [6.07, 6.45) is 0.834. The Labute approximate surface area is 134 Å². The molecule has 5 heteroatoms. The summed E-state index contributed by atoms with van der Waals surface area (Å²) in [5, 5.41) is 3.45. The lowest BCUT2D eigenvalue weighted by Crippen LogP contribution is -2.14. The summed E-state index contributed by atoms with van der Waals surface area (Å²) in [6, 6.07) is 8.96. The van der Waals surface area contributed by atoms with E-state index in [1.165, 1.54) is 12.1 Å². The van der Waals surface area contributed by atoms with E-state index in [0.717, 1.165) is 23.2 Å². The van der Waals surface area contributed by atoms with Crippen LogP contribution >= 0.6 is 23.2 Å². The molecule has 3 nitrogen and oxygen atoms in total. The van der Waals surface area contributed by atoms with Gasteiger partial charge in [0.1, 0.15) is 0 Å². The van der Waals surface area contributed by atoms with E-state index >= 15 is 0 Å². The van der Waals surface area contributed by atoms with Gasteiger partial charge in [-0.25, -0.2) is 0 Å². The van der Waals surface area contributed by atoms with Gasteiger partial charge < -0.3 is 11.1 Å². The molecule has 0 spiro atoms. The molecule has 21 heavy (non-hydrogen) atoms. The fourth-order valence-electron chi connectivity index (χ4n) is 2.13. The fourth-order valence-corrected chi connectivity index (χ4v) is 2.46. The summed E-state index contributed by atoms with van der Waals surface area (Å²) in [5.41, 5.74) is 9.33. The van der Waals surface area contributed by atoms with Crippen LogP contribution in [0.2, 0.25) is 10.0 Å². The summed E-state index contributed by atoms with van der Waals surface area (Å²) in [5.74, 6) is -0.260. The largest absolute Gasteiger partial charge is 0.397 e. The minimum atomic E-state index is -0.260. The lowest BCUT2D eigenvalue weighted by atomic mass is 10.1. The van der Waals surface area contributed by atoms with Gasteiger partial charge in [0.15, 0.2) is 0 Å². The van der Waals surface area contributed by atoms with E-state index < -0.39 is 0 Å². The maximum absolute atomic E-state index is 12.4. The number of hydrogen-bond acceptors (Lipinski definition) is 2. The maximum atomic E-state index is 12.4. The first-order chi connectivity index (χ1) is 9.93. The molecule has 2 aromatic carbocycles. The van der Waals surface area contributed by atoms with Gasteiger partial charge in [0.25, 0.3) is 5.91 Å². The minimum Gasteiger partial charge on any atom is -0.397 e. The van der Waals surface area contributed by atoms with Crippen molar-refractivity contribution in [3.8, 4) is 0 Å². The van der Waals surface area contributed by atoms with Crippen LogP contribution < -0.4 is 11.1 Å². The third kappa shape index (κ3) is 3.31. The summed E-state index contributed by atoms with van der Waals surface area (Å²) < 4.78 is 0. The fraction of sp³-hybridized carbons (Fsp3) is 0.188. The molecule has 0 heterocycles. The molecule has 1 amide bonds. The van der Waals surface area contributed by atoms with Gasteiger partial charge in [0.2, 0.25) is 0 Å². The predicted molar refractivity (Wildman–Crippen MR) is 89.4 cm³/mol. The molecular weight excluding hydrogens is 307 g/mol. The average Bonchev–Trinajstić information content (AvgIpc) is 2.46.